The molecular formula is C53H63N3O6. The Hall–Kier alpha value is -5.52. The number of hydrogen-bond acceptors (Lipinski definition) is 9. The molecule has 7 rings (SSSR count). The first-order valence-electron chi connectivity index (χ1n) is 21.9. The molecule has 2 aliphatic rings. The van der Waals surface area contributed by atoms with Gasteiger partial charge in [-0.15, -0.1) is 0 Å². The number of aliphatic hydroxyl groups is 3. The maximum absolute atomic E-state index is 10.7. The second-order valence-electron chi connectivity index (χ2n) is 15.8. The molecule has 0 amide bonds. The van der Waals surface area contributed by atoms with Crippen LogP contribution in [0.15, 0.2) is 163 Å². The van der Waals surface area contributed by atoms with Crippen LogP contribution in [0.3, 0.4) is 0 Å². The lowest BCUT2D eigenvalue weighted by Crippen LogP contribution is -2.35. The molecule has 3 unspecified atom stereocenters. The highest BCUT2D eigenvalue weighted by Gasteiger charge is 2.15. The highest BCUT2D eigenvalue weighted by Crippen LogP contribution is 2.24. The fourth-order valence-corrected chi connectivity index (χ4v) is 7.20. The topological polar surface area (TPSA) is 116 Å². The SMILES string of the molecule is OC(CNCC1=CCCC=C1)COc1ccc(OCC(O)CNCc2ccccc2)cc1.OC(COc1ccc2c(c1)C=CCC2)CN(Cc1ccccc1)Cc1ccccc1. The average Bonchev–Trinajstić information content (AvgIpc) is 3.31. The molecule has 0 aromatic heterocycles. The fourth-order valence-electron chi connectivity index (χ4n) is 7.20. The van der Waals surface area contributed by atoms with E-state index in [1.165, 1.54) is 33.4 Å². The molecule has 0 heterocycles. The number of nitrogens with zero attached hydrogens (tertiary/aromatic N) is 1. The minimum atomic E-state index is -0.600. The van der Waals surface area contributed by atoms with Crippen LogP contribution < -0.4 is 24.8 Å². The molecule has 0 bridgehead atoms. The Balaban J connectivity index is 0.000000207. The third-order valence-corrected chi connectivity index (χ3v) is 10.4. The van der Waals surface area contributed by atoms with Crippen LogP contribution in [0, 0.1) is 0 Å². The molecule has 0 saturated heterocycles. The number of fused-ring (bicyclic) bond motifs is 1. The van der Waals surface area contributed by atoms with Crippen LogP contribution >= 0.6 is 0 Å². The predicted molar refractivity (Wildman–Crippen MR) is 249 cm³/mol. The highest BCUT2D eigenvalue weighted by molar-refractivity contribution is 5.58. The van der Waals surface area contributed by atoms with Crippen molar-refractivity contribution in [2.75, 3.05) is 46.0 Å². The molecule has 62 heavy (non-hydrogen) atoms. The Morgan fingerprint density at radius 1 is 0.516 bits per heavy atom. The minimum absolute atomic E-state index is 0.206. The van der Waals surface area contributed by atoms with E-state index in [0.717, 1.165) is 51.1 Å². The summed E-state index contributed by atoms with van der Waals surface area (Å²) < 4.78 is 17.2. The van der Waals surface area contributed by atoms with Crippen LogP contribution in [0.2, 0.25) is 0 Å². The zero-order valence-corrected chi connectivity index (χ0v) is 35.7. The Labute approximate surface area is 368 Å². The van der Waals surface area contributed by atoms with Crippen LogP contribution in [0.4, 0.5) is 0 Å². The Bertz CT molecular complexity index is 2050. The van der Waals surface area contributed by atoms with E-state index in [-0.39, 0.29) is 19.8 Å². The summed E-state index contributed by atoms with van der Waals surface area (Å²) in [6.07, 6.45) is 13.5. The summed E-state index contributed by atoms with van der Waals surface area (Å²) in [5.74, 6) is 2.15. The van der Waals surface area contributed by atoms with Gasteiger partial charge in [0.2, 0.25) is 0 Å². The molecule has 2 aliphatic carbocycles. The number of benzene rings is 5. The van der Waals surface area contributed by atoms with Crippen LogP contribution in [0.1, 0.15) is 47.1 Å². The predicted octanol–water partition coefficient (Wildman–Crippen LogP) is 7.91. The van der Waals surface area contributed by atoms with Gasteiger partial charge in [0.25, 0.3) is 0 Å². The van der Waals surface area contributed by atoms with E-state index >= 15 is 0 Å². The third kappa shape index (κ3) is 17.1. The van der Waals surface area contributed by atoms with Gasteiger partial charge in [-0.1, -0.05) is 127 Å². The summed E-state index contributed by atoms with van der Waals surface area (Å²) in [6.45, 7) is 5.22. The summed E-state index contributed by atoms with van der Waals surface area (Å²) in [6, 6.07) is 44.3. The van der Waals surface area contributed by atoms with E-state index in [1.807, 2.05) is 48.5 Å². The lowest BCUT2D eigenvalue weighted by molar-refractivity contribution is 0.0628. The van der Waals surface area contributed by atoms with Crippen molar-refractivity contribution in [2.24, 2.45) is 0 Å². The maximum atomic E-state index is 10.7. The van der Waals surface area contributed by atoms with E-state index in [0.29, 0.717) is 37.7 Å². The van der Waals surface area contributed by atoms with E-state index in [2.05, 4.69) is 107 Å². The van der Waals surface area contributed by atoms with E-state index < -0.39 is 18.3 Å². The molecule has 3 atom stereocenters. The zero-order chi connectivity index (χ0) is 43.0. The number of ether oxygens (including phenoxy) is 3. The van der Waals surface area contributed by atoms with Crippen LogP contribution in [0.5, 0.6) is 17.2 Å². The van der Waals surface area contributed by atoms with Gasteiger partial charge in [0.15, 0.2) is 0 Å². The van der Waals surface area contributed by atoms with Crippen LogP contribution in [-0.4, -0.2) is 84.5 Å². The van der Waals surface area contributed by atoms with Crippen molar-refractivity contribution in [3.05, 3.63) is 191 Å². The fraction of sp³-hybridized carbons (Fsp3) is 0.321. The zero-order valence-electron chi connectivity index (χ0n) is 35.7. The van der Waals surface area contributed by atoms with Crippen molar-refractivity contribution in [1.82, 2.24) is 15.5 Å². The quantitative estimate of drug-likeness (QED) is 0.0448. The molecule has 0 fully saturated rings. The van der Waals surface area contributed by atoms with E-state index in [9.17, 15) is 15.3 Å². The van der Waals surface area contributed by atoms with Gasteiger partial charge in [0, 0.05) is 45.8 Å². The van der Waals surface area contributed by atoms with Gasteiger partial charge in [0.1, 0.15) is 55.4 Å². The first kappa shape index (κ1) is 46.0. The normalized spacial score (nSPS) is 14.5. The van der Waals surface area contributed by atoms with Crippen LogP contribution in [-0.2, 0) is 26.1 Å². The highest BCUT2D eigenvalue weighted by atomic mass is 16.5. The molecule has 5 N–H and O–H groups in total. The summed E-state index contributed by atoms with van der Waals surface area (Å²) in [4.78, 5) is 2.27. The third-order valence-electron chi connectivity index (χ3n) is 10.4. The molecule has 5 aromatic rings. The van der Waals surface area contributed by atoms with E-state index in [1.54, 1.807) is 24.3 Å². The van der Waals surface area contributed by atoms with Gasteiger partial charge in [-0.05, 0) is 95.5 Å². The molecule has 9 nitrogen and oxygen atoms in total. The van der Waals surface area contributed by atoms with Gasteiger partial charge in [-0.2, -0.15) is 0 Å². The number of aryl methyl sites for hydroxylation is 1. The standard InChI is InChI=1S/C27H29NO2.C26H34N2O4/c29-26(21-30-27-16-15-24-13-7-8-14-25(24)17-27)20-28(18-22-9-3-1-4-10-22)19-23-11-5-2-6-12-23;29-23(17-27-15-21-7-3-1-4-8-21)19-31-25-11-13-26(14-12-25)32-20-24(30)18-28-16-22-9-5-2-6-10-22/h1-6,8-12,14-17,26,29H,7,13,18-21H2;1,3-5,7-14,23-24,27-30H,2,6,15-20H2. The van der Waals surface area contributed by atoms with Crippen molar-refractivity contribution in [2.45, 2.75) is 63.6 Å². The summed E-state index contributed by atoms with van der Waals surface area (Å²) in [5, 5.41) is 37.4. The Kier molecular flexibility index (Phi) is 19.3. The lowest BCUT2D eigenvalue weighted by atomic mass is 9.97. The first-order valence-corrected chi connectivity index (χ1v) is 21.9. The second kappa shape index (κ2) is 26.1. The van der Waals surface area contributed by atoms with Crippen molar-refractivity contribution < 1.29 is 29.5 Å². The number of hydrogen-bond donors (Lipinski definition) is 5. The minimum Gasteiger partial charge on any atom is -0.491 e. The van der Waals surface area contributed by atoms with Crippen molar-refractivity contribution in [1.29, 1.82) is 0 Å². The molecule has 326 valence electrons. The van der Waals surface area contributed by atoms with Gasteiger partial charge < -0.3 is 40.2 Å². The lowest BCUT2D eigenvalue weighted by Gasteiger charge is -2.25. The molecular weight excluding hydrogens is 775 g/mol. The van der Waals surface area contributed by atoms with Crippen molar-refractivity contribution in [3.63, 3.8) is 0 Å². The molecule has 5 aromatic carbocycles. The average molecular weight is 838 g/mol. The summed E-state index contributed by atoms with van der Waals surface area (Å²) in [5.41, 5.74) is 7.50. The van der Waals surface area contributed by atoms with Gasteiger partial charge >= 0.3 is 0 Å². The smallest absolute Gasteiger partial charge is 0.120 e. The second-order valence-corrected chi connectivity index (χ2v) is 15.8. The maximum Gasteiger partial charge on any atom is 0.120 e. The Morgan fingerprint density at radius 3 is 1.61 bits per heavy atom. The molecule has 0 radical (unpaired) electrons. The van der Waals surface area contributed by atoms with E-state index in [4.69, 9.17) is 14.2 Å². The number of rotatable bonds is 23. The summed E-state index contributed by atoms with van der Waals surface area (Å²) in [7, 11) is 0. The molecule has 9 heteroatoms. The first-order chi connectivity index (χ1) is 30.4. The monoisotopic (exact) mass is 837 g/mol. The largest absolute Gasteiger partial charge is 0.491 e. The van der Waals surface area contributed by atoms with Gasteiger partial charge in [0.05, 0.1) is 0 Å². The summed E-state index contributed by atoms with van der Waals surface area (Å²) >= 11 is 0. The molecule has 0 spiro atoms. The molecule has 0 saturated carbocycles. The number of allylic oxidation sites excluding steroid dienone is 3. The number of aliphatic hydroxyl groups excluding tert-OH is 3. The molecule has 0 aliphatic heterocycles. The number of nitrogens with one attached hydrogen (secondary N) is 2. The van der Waals surface area contributed by atoms with Crippen molar-refractivity contribution in [3.8, 4) is 17.2 Å². The van der Waals surface area contributed by atoms with Gasteiger partial charge in [-0.3, -0.25) is 4.90 Å². The van der Waals surface area contributed by atoms with Gasteiger partial charge in [-0.25, -0.2) is 0 Å². The van der Waals surface area contributed by atoms with Crippen molar-refractivity contribution >= 4 is 6.08 Å². The van der Waals surface area contributed by atoms with Crippen LogP contribution in [0.25, 0.3) is 6.08 Å². The Morgan fingerprint density at radius 2 is 1.03 bits per heavy atom.